The summed E-state index contributed by atoms with van der Waals surface area (Å²) in [6.45, 7) is 0. The van der Waals surface area contributed by atoms with E-state index in [1.807, 2.05) is 18.2 Å². The van der Waals surface area contributed by atoms with Gasteiger partial charge >= 0.3 is 5.97 Å². The van der Waals surface area contributed by atoms with Crippen molar-refractivity contribution in [3.63, 3.8) is 0 Å². The molecule has 0 bridgehead atoms. The molecule has 0 radical (unpaired) electrons. The van der Waals surface area contributed by atoms with Crippen LogP contribution in [0.4, 0.5) is 0 Å². The molecule has 1 aliphatic carbocycles. The first-order chi connectivity index (χ1) is 9.66. The van der Waals surface area contributed by atoms with Gasteiger partial charge in [0.2, 0.25) is 0 Å². The second-order valence-corrected chi connectivity index (χ2v) is 5.44. The van der Waals surface area contributed by atoms with Gasteiger partial charge in [0, 0.05) is 11.6 Å². The maximum Gasteiger partial charge on any atom is 0.341 e. The van der Waals surface area contributed by atoms with Crippen LogP contribution >= 0.6 is 0 Å². The monoisotopic (exact) mass is 271 g/mol. The average Bonchev–Trinajstić information content (AvgIpc) is 2.48. The Morgan fingerprint density at radius 3 is 2.65 bits per heavy atom. The lowest BCUT2D eigenvalue weighted by molar-refractivity contribution is 0.0693. The molecule has 1 aromatic carbocycles. The minimum absolute atomic E-state index is 0.140. The molecule has 1 saturated carbocycles. The number of fused-ring (bicyclic) bond motifs is 1. The Balaban J connectivity index is 2.08. The number of nitrogens with zero attached hydrogens (tertiary/aromatic N) is 1. The van der Waals surface area contributed by atoms with E-state index < -0.39 is 5.97 Å². The minimum atomic E-state index is -1.15. The molecule has 1 heterocycles. The maximum atomic E-state index is 11.1. The van der Waals surface area contributed by atoms with Crippen molar-refractivity contribution in [1.29, 1.82) is 0 Å². The predicted molar refractivity (Wildman–Crippen MR) is 76.2 cm³/mol. The summed E-state index contributed by atoms with van der Waals surface area (Å²) in [6, 6.07) is 5.82. The zero-order valence-corrected chi connectivity index (χ0v) is 11.2. The summed E-state index contributed by atoms with van der Waals surface area (Å²) in [6.07, 6.45) is 7.31. The number of hydrogen-bond donors (Lipinski definition) is 2. The number of pyridine rings is 1. The van der Waals surface area contributed by atoms with Crippen molar-refractivity contribution < 1.29 is 15.0 Å². The largest absolute Gasteiger partial charge is 0.506 e. The molecule has 0 aliphatic heterocycles. The fourth-order valence-electron chi connectivity index (χ4n) is 3.04. The molecule has 1 fully saturated rings. The Hall–Kier alpha value is -2.10. The lowest BCUT2D eigenvalue weighted by atomic mass is 9.83. The average molecular weight is 271 g/mol. The third kappa shape index (κ3) is 2.22. The molecule has 4 heteroatoms. The van der Waals surface area contributed by atoms with Crippen molar-refractivity contribution in [1.82, 2.24) is 4.98 Å². The Morgan fingerprint density at radius 2 is 1.95 bits per heavy atom. The number of carboxylic acid groups (broad SMARTS) is 1. The SMILES string of the molecule is O=C(O)c1cnc2ccc(C3CCCCC3)cc2c1O. The molecule has 0 amide bonds. The van der Waals surface area contributed by atoms with E-state index in [4.69, 9.17) is 5.11 Å². The summed E-state index contributed by atoms with van der Waals surface area (Å²) < 4.78 is 0. The smallest absolute Gasteiger partial charge is 0.341 e. The molecule has 0 atom stereocenters. The summed E-state index contributed by atoms with van der Waals surface area (Å²) in [5.74, 6) is -0.818. The van der Waals surface area contributed by atoms with Crippen LogP contribution in [0.2, 0.25) is 0 Å². The highest BCUT2D eigenvalue weighted by Gasteiger charge is 2.18. The van der Waals surface area contributed by atoms with E-state index in [-0.39, 0.29) is 11.3 Å². The van der Waals surface area contributed by atoms with E-state index in [1.165, 1.54) is 31.0 Å². The number of aromatic carboxylic acids is 1. The third-order valence-electron chi connectivity index (χ3n) is 4.17. The van der Waals surface area contributed by atoms with Crippen molar-refractivity contribution in [2.24, 2.45) is 0 Å². The van der Waals surface area contributed by atoms with Crippen molar-refractivity contribution in [3.05, 3.63) is 35.5 Å². The first kappa shape index (κ1) is 12.9. The first-order valence-corrected chi connectivity index (χ1v) is 7.02. The molecular weight excluding hydrogens is 254 g/mol. The number of hydrogen-bond acceptors (Lipinski definition) is 3. The predicted octanol–water partition coefficient (Wildman–Crippen LogP) is 3.69. The van der Waals surface area contributed by atoms with Crippen LogP contribution in [0.25, 0.3) is 10.9 Å². The lowest BCUT2D eigenvalue weighted by Crippen LogP contribution is -2.04. The van der Waals surface area contributed by atoms with Crippen LogP contribution in [0.3, 0.4) is 0 Å². The van der Waals surface area contributed by atoms with Gasteiger partial charge in [-0.1, -0.05) is 25.3 Å². The Labute approximate surface area is 117 Å². The number of aromatic nitrogens is 1. The van der Waals surface area contributed by atoms with E-state index in [1.54, 1.807) is 0 Å². The topological polar surface area (TPSA) is 70.4 Å². The van der Waals surface area contributed by atoms with Crippen LogP contribution in [-0.4, -0.2) is 21.2 Å². The molecule has 0 unspecified atom stereocenters. The molecule has 104 valence electrons. The van der Waals surface area contributed by atoms with Crippen molar-refractivity contribution >= 4 is 16.9 Å². The Bertz CT molecular complexity index is 660. The van der Waals surface area contributed by atoms with Crippen LogP contribution in [0, 0.1) is 0 Å². The summed E-state index contributed by atoms with van der Waals surface area (Å²) in [5.41, 5.74) is 1.67. The van der Waals surface area contributed by atoms with E-state index in [0.717, 1.165) is 12.8 Å². The van der Waals surface area contributed by atoms with E-state index in [9.17, 15) is 9.90 Å². The van der Waals surface area contributed by atoms with Crippen molar-refractivity contribution in [2.75, 3.05) is 0 Å². The van der Waals surface area contributed by atoms with E-state index in [2.05, 4.69) is 4.98 Å². The lowest BCUT2D eigenvalue weighted by Gasteiger charge is -2.22. The first-order valence-electron chi connectivity index (χ1n) is 7.02. The van der Waals surface area contributed by atoms with Crippen molar-refractivity contribution in [2.45, 2.75) is 38.0 Å². The van der Waals surface area contributed by atoms with Gasteiger partial charge < -0.3 is 10.2 Å². The highest BCUT2D eigenvalue weighted by atomic mass is 16.4. The van der Waals surface area contributed by atoms with Crippen LogP contribution in [0.5, 0.6) is 5.75 Å². The number of carbonyl (C=O) groups is 1. The van der Waals surface area contributed by atoms with E-state index in [0.29, 0.717) is 16.8 Å². The van der Waals surface area contributed by atoms with Gasteiger partial charge in [-0.25, -0.2) is 4.79 Å². The molecule has 4 nitrogen and oxygen atoms in total. The Morgan fingerprint density at radius 1 is 1.20 bits per heavy atom. The summed E-state index contributed by atoms with van der Waals surface area (Å²) in [5, 5.41) is 19.7. The number of carboxylic acids is 1. The van der Waals surface area contributed by atoms with Gasteiger partial charge in [-0.15, -0.1) is 0 Å². The molecule has 3 rings (SSSR count). The molecule has 0 spiro atoms. The van der Waals surface area contributed by atoms with Gasteiger partial charge in [0.25, 0.3) is 0 Å². The van der Waals surface area contributed by atoms with E-state index >= 15 is 0 Å². The molecule has 2 N–H and O–H groups in total. The summed E-state index contributed by atoms with van der Waals surface area (Å²) in [4.78, 5) is 15.2. The van der Waals surface area contributed by atoms with Crippen LogP contribution in [0.15, 0.2) is 24.4 Å². The van der Waals surface area contributed by atoms with Gasteiger partial charge in [0.15, 0.2) is 0 Å². The van der Waals surface area contributed by atoms with Gasteiger partial charge in [-0.2, -0.15) is 0 Å². The summed E-state index contributed by atoms with van der Waals surface area (Å²) >= 11 is 0. The molecule has 20 heavy (non-hydrogen) atoms. The number of aromatic hydroxyl groups is 1. The highest BCUT2D eigenvalue weighted by Crippen LogP contribution is 2.36. The quantitative estimate of drug-likeness (QED) is 0.874. The van der Waals surface area contributed by atoms with Gasteiger partial charge in [-0.05, 0) is 36.5 Å². The van der Waals surface area contributed by atoms with Gasteiger partial charge in [-0.3, -0.25) is 4.98 Å². The zero-order valence-electron chi connectivity index (χ0n) is 11.2. The molecule has 1 aliphatic rings. The molecular formula is C16H17NO3. The summed E-state index contributed by atoms with van der Waals surface area (Å²) in [7, 11) is 0. The van der Waals surface area contributed by atoms with Crippen molar-refractivity contribution in [3.8, 4) is 5.75 Å². The molecule has 1 aromatic heterocycles. The standard InChI is InChI=1S/C16H17NO3/c18-15-12-8-11(10-4-2-1-3-5-10)6-7-14(12)17-9-13(15)16(19)20/h6-10H,1-5H2,(H,17,18)(H,19,20). The normalized spacial score (nSPS) is 16.4. The van der Waals surface area contributed by atoms with Crippen LogP contribution < -0.4 is 0 Å². The van der Waals surface area contributed by atoms with Gasteiger partial charge in [0.05, 0.1) is 5.52 Å². The molecule has 2 aromatic rings. The highest BCUT2D eigenvalue weighted by molar-refractivity contribution is 5.98. The fourth-order valence-corrected chi connectivity index (χ4v) is 3.04. The zero-order chi connectivity index (χ0) is 14.1. The third-order valence-corrected chi connectivity index (χ3v) is 4.17. The van der Waals surface area contributed by atoms with Crippen LogP contribution in [-0.2, 0) is 0 Å². The Kier molecular flexibility index (Phi) is 3.30. The minimum Gasteiger partial charge on any atom is -0.506 e. The number of rotatable bonds is 2. The second-order valence-electron chi connectivity index (χ2n) is 5.44. The second kappa shape index (κ2) is 5.12. The number of benzene rings is 1. The van der Waals surface area contributed by atoms with Gasteiger partial charge in [0.1, 0.15) is 11.3 Å². The fraction of sp³-hybridized carbons (Fsp3) is 0.375. The maximum absolute atomic E-state index is 11.1. The molecule has 0 saturated heterocycles. The van der Waals surface area contributed by atoms with Crippen LogP contribution in [0.1, 0.15) is 53.9 Å².